The molecule has 0 N–H and O–H groups in total. The van der Waals surface area contributed by atoms with Gasteiger partial charge in [0.25, 0.3) is 5.56 Å². The van der Waals surface area contributed by atoms with Gasteiger partial charge in [-0.2, -0.15) is 0 Å². The van der Waals surface area contributed by atoms with Gasteiger partial charge in [0.15, 0.2) is 5.16 Å². The molecular formula is C22H16ClFN2O2S. The molecule has 0 atom stereocenters. The van der Waals surface area contributed by atoms with Crippen LogP contribution in [0.25, 0.3) is 16.6 Å². The summed E-state index contributed by atoms with van der Waals surface area (Å²) >= 11 is 7.41. The van der Waals surface area contributed by atoms with E-state index in [1.807, 2.05) is 6.07 Å². The highest BCUT2D eigenvalue weighted by molar-refractivity contribution is 7.98. The number of aromatic nitrogens is 2. The Labute approximate surface area is 175 Å². The van der Waals surface area contributed by atoms with Crippen LogP contribution in [0.4, 0.5) is 4.39 Å². The molecule has 0 radical (unpaired) electrons. The van der Waals surface area contributed by atoms with Gasteiger partial charge >= 0.3 is 0 Å². The third kappa shape index (κ3) is 3.86. The molecule has 0 saturated carbocycles. The van der Waals surface area contributed by atoms with Gasteiger partial charge in [0.05, 0.1) is 23.7 Å². The van der Waals surface area contributed by atoms with E-state index < -0.39 is 0 Å². The second-order valence-corrected chi connectivity index (χ2v) is 7.59. The summed E-state index contributed by atoms with van der Waals surface area (Å²) in [5.41, 5.74) is 1.42. The van der Waals surface area contributed by atoms with E-state index >= 15 is 0 Å². The number of thioether (sulfide) groups is 1. The Kier molecular flexibility index (Phi) is 5.56. The molecule has 0 bridgehead atoms. The fraction of sp³-hybridized carbons (Fsp3) is 0.0909. The number of fused-ring (bicyclic) bond motifs is 1. The molecule has 4 rings (SSSR count). The summed E-state index contributed by atoms with van der Waals surface area (Å²) in [5.74, 6) is 0.541. The number of ether oxygens (including phenoxy) is 1. The minimum atomic E-state index is -0.385. The fourth-order valence-electron chi connectivity index (χ4n) is 2.98. The highest BCUT2D eigenvalue weighted by atomic mass is 35.5. The van der Waals surface area contributed by atoms with E-state index in [1.165, 1.54) is 22.4 Å². The summed E-state index contributed by atoms with van der Waals surface area (Å²) in [6.07, 6.45) is 0. The van der Waals surface area contributed by atoms with Crippen LogP contribution in [0, 0.1) is 5.82 Å². The zero-order chi connectivity index (χ0) is 20.4. The van der Waals surface area contributed by atoms with Crippen molar-refractivity contribution >= 4 is 34.3 Å². The van der Waals surface area contributed by atoms with Gasteiger partial charge in [-0.1, -0.05) is 41.6 Å². The highest BCUT2D eigenvalue weighted by Gasteiger charge is 2.15. The zero-order valence-electron chi connectivity index (χ0n) is 15.4. The quantitative estimate of drug-likeness (QED) is 0.313. The topological polar surface area (TPSA) is 44.1 Å². The average Bonchev–Trinajstić information content (AvgIpc) is 2.74. The second kappa shape index (κ2) is 8.27. The number of hydrogen-bond donors (Lipinski definition) is 0. The van der Waals surface area contributed by atoms with Gasteiger partial charge in [0.2, 0.25) is 0 Å². The van der Waals surface area contributed by atoms with Crippen molar-refractivity contribution in [2.45, 2.75) is 10.9 Å². The van der Waals surface area contributed by atoms with Crippen LogP contribution >= 0.6 is 23.4 Å². The van der Waals surface area contributed by atoms with Crippen molar-refractivity contribution in [3.8, 4) is 11.4 Å². The summed E-state index contributed by atoms with van der Waals surface area (Å²) in [7, 11) is 1.58. The third-order valence-electron chi connectivity index (χ3n) is 4.48. The van der Waals surface area contributed by atoms with Crippen LogP contribution in [0.2, 0.25) is 5.02 Å². The first-order chi connectivity index (χ1) is 14.1. The molecule has 7 heteroatoms. The Balaban J connectivity index is 1.84. The van der Waals surface area contributed by atoms with Crippen LogP contribution in [0.15, 0.2) is 76.7 Å². The van der Waals surface area contributed by atoms with Crippen molar-refractivity contribution in [3.63, 3.8) is 0 Å². The lowest BCUT2D eigenvalue weighted by atomic mass is 10.2. The molecule has 0 fully saturated rings. The van der Waals surface area contributed by atoms with Crippen LogP contribution in [-0.4, -0.2) is 16.7 Å². The van der Waals surface area contributed by atoms with E-state index in [0.29, 0.717) is 38.1 Å². The van der Waals surface area contributed by atoms with Crippen molar-refractivity contribution in [1.29, 1.82) is 0 Å². The largest absolute Gasteiger partial charge is 0.497 e. The summed E-state index contributed by atoms with van der Waals surface area (Å²) in [6, 6.07) is 18.9. The van der Waals surface area contributed by atoms with Gasteiger partial charge < -0.3 is 4.74 Å². The SMILES string of the molecule is COc1ccc(-n2c(SCc3c(F)cccc3Cl)nc3ccccc3c2=O)cc1. The summed E-state index contributed by atoms with van der Waals surface area (Å²) in [6.45, 7) is 0. The van der Waals surface area contributed by atoms with E-state index in [2.05, 4.69) is 4.98 Å². The molecule has 0 unspecified atom stereocenters. The maximum absolute atomic E-state index is 14.2. The molecule has 146 valence electrons. The van der Waals surface area contributed by atoms with Crippen LogP contribution in [0.1, 0.15) is 5.56 Å². The molecule has 3 aromatic carbocycles. The van der Waals surface area contributed by atoms with Crippen molar-refractivity contribution in [3.05, 3.63) is 93.5 Å². The van der Waals surface area contributed by atoms with Crippen LogP contribution in [0.3, 0.4) is 0 Å². The van der Waals surface area contributed by atoms with Gasteiger partial charge in [0, 0.05) is 16.3 Å². The van der Waals surface area contributed by atoms with E-state index in [4.69, 9.17) is 16.3 Å². The van der Waals surface area contributed by atoms with Gasteiger partial charge in [-0.15, -0.1) is 0 Å². The summed E-state index contributed by atoms with van der Waals surface area (Å²) < 4.78 is 20.9. The minimum Gasteiger partial charge on any atom is -0.497 e. The third-order valence-corrected chi connectivity index (χ3v) is 5.80. The molecule has 0 aliphatic heterocycles. The second-order valence-electron chi connectivity index (χ2n) is 6.24. The number of rotatable bonds is 5. The molecule has 1 heterocycles. The van der Waals surface area contributed by atoms with E-state index in [0.717, 1.165) is 0 Å². The lowest BCUT2D eigenvalue weighted by Crippen LogP contribution is -2.21. The Morgan fingerprint density at radius 3 is 2.55 bits per heavy atom. The molecule has 4 aromatic rings. The predicted octanol–water partition coefficient (Wildman–Crippen LogP) is 5.48. The van der Waals surface area contributed by atoms with E-state index in [9.17, 15) is 9.18 Å². The molecule has 29 heavy (non-hydrogen) atoms. The van der Waals surface area contributed by atoms with Crippen molar-refractivity contribution in [2.75, 3.05) is 7.11 Å². The zero-order valence-corrected chi connectivity index (χ0v) is 17.0. The van der Waals surface area contributed by atoms with E-state index in [-0.39, 0.29) is 17.1 Å². The first-order valence-corrected chi connectivity index (χ1v) is 10.2. The summed E-state index contributed by atoms with van der Waals surface area (Å²) in [5, 5.41) is 1.31. The molecule has 1 aromatic heterocycles. The Morgan fingerprint density at radius 2 is 1.83 bits per heavy atom. The normalized spacial score (nSPS) is 11.0. The van der Waals surface area contributed by atoms with Crippen LogP contribution in [0.5, 0.6) is 5.75 Å². The van der Waals surface area contributed by atoms with Gasteiger partial charge in [-0.25, -0.2) is 9.37 Å². The lowest BCUT2D eigenvalue weighted by Gasteiger charge is -2.14. The number of benzene rings is 3. The molecule has 4 nitrogen and oxygen atoms in total. The molecule has 0 saturated heterocycles. The monoisotopic (exact) mass is 426 g/mol. The fourth-order valence-corrected chi connectivity index (χ4v) is 4.33. The van der Waals surface area contributed by atoms with Gasteiger partial charge in [0.1, 0.15) is 11.6 Å². The van der Waals surface area contributed by atoms with E-state index in [1.54, 1.807) is 61.7 Å². The van der Waals surface area contributed by atoms with Crippen molar-refractivity contribution < 1.29 is 9.13 Å². The molecule has 0 aliphatic carbocycles. The standard InChI is InChI=1S/C22H16ClFN2O2S/c1-28-15-11-9-14(10-12-15)26-21(27)16-5-2-3-8-20(16)25-22(26)29-13-17-18(23)6-4-7-19(17)24/h2-12H,13H2,1H3. The number of halogens is 2. The van der Waals surface area contributed by atoms with Gasteiger partial charge in [-0.3, -0.25) is 9.36 Å². The predicted molar refractivity (Wildman–Crippen MR) is 115 cm³/mol. The highest BCUT2D eigenvalue weighted by Crippen LogP contribution is 2.29. The van der Waals surface area contributed by atoms with Crippen LogP contribution < -0.4 is 10.3 Å². The number of methoxy groups -OCH3 is 1. The minimum absolute atomic E-state index is 0.192. The smallest absolute Gasteiger partial charge is 0.266 e. The molecule has 0 aliphatic rings. The van der Waals surface area contributed by atoms with Gasteiger partial charge in [-0.05, 0) is 48.5 Å². The first-order valence-electron chi connectivity index (χ1n) is 8.80. The maximum Gasteiger partial charge on any atom is 0.266 e. The number of nitrogens with zero attached hydrogens (tertiary/aromatic N) is 2. The van der Waals surface area contributed by atoms with Crippen molar-refractivity contribution in [2.24, 2.45) is 0 Å². The Bertz CT molecular complexity index is 1220. The molecule has 0 spiro atoms. The average molecular weight is 427 g/mol. The number of hydrogen-bond acceptors (Lipinski definition) is 4. The first kappa shape index (κ1) is 19.5. The van der Waals surface area contributed by atoms with Crippen LogP contribution in [-0.2, 0) is 5.75 Å². The maximum atomic E-state index is 14.2. The Morgan fingerprint density at radius 1 is 1.07 bits per heavy atom. The van der Waals surface area contributed by atoms with Crippen molar-refractivity contribution in [1.82, 2.24) is 9.55 Å². The lowest BCUT2D eigenvalue weighted by molar-refractivity contribution is 0.414. The molecule has 0 amide bonds. The summed E-state index contributed by atoms with van der Waals surface area (Å²) in [4.78, 5) is 17.9. The Hall–Kier alpha value is -2.83. The molecular weight excluding hydrogens is 411 g/mol. The number of para-hydroxylation sites is 1.